The molecule has 0 unspecified atom stereocenters. The van der Waals surface area contributed by atoms with Crippen LogP contribution in [-0.4, -0.2) is 45.9 Å². The molecule has 33 heavy (non-hydrogen) atoms. The molecule has 0 aromatic heterocycles. The summed E-state index contributed by atoms with van der Waals surface area (Å²) in [5.74, 6) is -6.86. The fraction of sp³-hybridized carbons (Fsp3) is 0.680. The summed E-state index contributed by atoms with van der Waals surface area (Å²) in [7, 11) is 0. The van der Waals surface area contributed by atoms with Crippen LogP contribution < -0.4 is 5.32 Å². The maximum Gasteiger partial charge on any atom is 0.407 e. The standard InChI is InChI=1S/C25H41F2NO5/c1-17(2)11-8-12-18(3)13-9-14-19(4)15-10-16-20(21(29)25(26,27)22(30)31)28-23(32)33-24(5,6)7/h11,13,15,20-21,29H,8-10,12,14,16H2,1-7H3,(H,28,32)(H,30,31)/b18-13+,19-15+/t20-,21-/m0/s1. The average molecular weight is 474 g/mol. The van der Waals surface area contributed by atoms with Crippen LogP contribution in [0, 0.1) is 0 Å². The molecule has 0 aliphatic rings. The third-order valence-corrected chi connectivity index (χ3v) is 4.83. The molecule has 0 aromatic rings. The van der Waals surface area contributed by atoms with E-state index in [1.54, 1.807) is 20.8 Å². The van der Waals surface area contributed by atoms with E-state index in [-0.39, 0.29) is 12.8 Å². The summed E-state index contributed by atoms with van der Waals surface area (Å²) >= 11 is 0. The first kappa shape index (κ1) is 30.8. The highest BCUT2D eigenvalue weighted by atomic mass is 19.3. The second-order valence-corrected chi connectivity index (χ2v) is 9.66. The molecular weight excluding hydrogens is 432 g/mol. The van der Waals surface area contributed by atoms with Crippen LogP contribution in [-0.2, 0) is 9.53 Å². The van der Waals surface area contributed by atoms with Gasteiger partial charge in [-0.3, -0.25) is 0 Å². The molecule has 1 amide bonds. The zero-order valence-corrected chi connectivity index (χ0v) is 21.0. The number of amides is 1. The van der Waals surface area contributed by atoms with Crippen LogP contribution in [0.4, 0.5) is 13.6 Å². The minimum Gasteiger partial charge on any atom is -0.477 e. The van der Waals surface area contributed by atoms with Gasteiger partial charge >= 0.3 is 18.0 Å². The van der Waals surface area contributed by atoms with E-state index in [4.69, 9.17) is 9.84 Å². The van der Waals surface area contributed by atoms with Gasteiger partial charge in [-0.05, 0) is 87.0 Å². The smallest absolute Gasteiger partial charge is 0.407 e. The van der Waals surface area contributed by atoms with Gasteiger partial charge in [-0.1, -0.05) is 34.9 Å². The Morgan fingerprint density at radius 3 is 1.88 bits per heavy atom. The molecule has 0 aliphatic carbocycles. The summed E-state index contributed by atoms with van der Waals surface area (Å²) in [6, 6.07) is -1.49. The third kappa shape index (κ3) is 13.8. The van der Waals surface area contributed by atoms with Crippen LogP contribution in [0.5, 0.6) is 0 Å². The van der Waals surface area contributed by atoms with Gasteiger partial charge in [0, 0.05) is 0 Å². The number of hydrogen-bond donors (Lipinski definition) is 3. The lowest BCUT2D eigenvalue weighted by molar-refractivity contribution is -0.185. The molecular formula is C25H41F2NO5. The predicted octanol–water partition coefficient (Wildman–Crippen LogP) is 6.16. The Balaban J connectivity index is 4.98. The predicted molar refractivity (Wildman–Crippen MR) is 126 cm³/mol. The number of alkyl halides is 2. The SMILES string of the molecule is CC(C)=CCC/C(C)=C/CC/C(C)=C/CC[C@H](NC(=O)OC(C)(C)C)[C@H](O)C(F)(F)C(=O)O. The number of aliphatic carboxylic acids is 1. The fourth-order valence-electron chi connectivity index (χ4n) is 3.00. The lowest BCUT2D eigenvalue weighted by atomic mass is 9.98. The zero-order chi connectivity index (χ0) is 25.8. The summed E-state index contributed by atoms with van der Waals surface area (Å²) in [6.45, 7) is 13.0. The quantitative estimate of drug-likeness (QED) is 0.278. The van der Waals surface area contributed by atoms with E-state index < -0.39 is 35.7 Å². The topological polar surface area (TPSA) is 95.9 Å². The van der Waals surface area contributed by atoms with Crippen molar-refractivity contribution in [3.05, 3.63) is 34.9 Å². The molecule has 3 N–H and O–H groups in total. The van der Waals surface area contributed by atoms with Crippen molar-refractivity contribution in [2.24, 2.45) is 0 Å². The fourth-order valence-corrected chi connectivity index (χ4v) is 3.00. The van der Waals surface area contributed by atoms with Crippen molar-refractivity contribution < 1.29 is 33.3 Å². The van der Waals surface area contributed by atoms with Crippen molar-refractivity contribution in [2.75, 3.05) is 0 Å². The second kappa shape index (κ2) is 14.1. The van der Waals surface area contributed by atoms with Crippen LogP contribution in [0.2, 0.25) is 0 Å². The number of hydrogen-bond acceptors (Lipinski definition) is 4. The highest BCUT2D eigenvalue weighted by molar-refractivity contribution is 5.76. The Bertz CT molecular complexity index is 732. The van der Waals surface area contributed by atoms with E-state index in [0.29, 0.717) is 0 Å². The summed E-state index contributed by atoms with van der Waals surface area (Å²) in [6.07, 6.45) is 6.50. The van der Waals surface area contributed by atoms with Crippen molar-refractivity contribution in [3.8, 4) is 0 Å². The maximum atomic E-state index is 13.9. The number of aliphatic hydroxyl groups excluding tert-OH is 1. The molecule has 0 fully saturated rings. The number of aliphatic hydroxyl groups is 1. The number of carbonyl (C=O) groups excluding carboxylic acids is 1. The molecule has 0 saturated heterocycles. The van der Waals surface area contributed by atoms with Gasteiger partial charge in [-0.15, -0.1) is 0 Å². The Hall–Kier alpha value is -2.22. The first-order valence-corrected chi connectivity index (χ1v) is 11.3. The van der Waals surface area contributed by atoms with Gasteiger partial charge in [0.2, 0.25) is 0 Å². The van der Waals surface area contributed by atoms with Crippen LogP contribution in [0.3, 0.4) is 0 Å². The monoisotopic (exact) mass is 473 g/mol. The molecule has 0 aromatic carbocycles. The van der Waals surface area contributed by atoms with Gasteiger partial charge in [0.15, 0.2) is 0 Å². The lowest BCUT2D eigenvalue weighted by Gasteiger charge is -2.29. The van der Waals surface area contributed by atoms with Gasteiger partial charge in [-0.25, -0.2) is 9.59 Å². The Labute approximate surface area is 196 Å². The number of carbonyl (C=O) groups is 2. The van der Waals surface area contributed by atoms with Gasteiger partial charge in [0.05, 0.1) is 6.04 Å². The molecule has 0 rings (SSSR count). The summed E-state index contributed by atoms with van der Waals surface area (Å²) in [5.41, 5.74) is 2.77. The Morgan fingerprint density at radius 1 is 0.939 bits per heavy atom. The van der Waals surface area contributed by atoms with E-state index in [1.165, 1.54) is 11.1 Å². The summed E-state index contributed by atoms with van der Waals surface area (Å²) < 4.78 is 32.8. The molecule has 0 aliphatic heterocycles. The number of rotatable bonds is 13. The van der Waals surface area contributed by atoms with Crippen molar-refractivity contribution in [3.63, 3.8) is 0 Å². The molecule has 6 nitrogen and oxygen atoms in total. The number of halogens is 2. The van der Waals surface area contributed by atoms with E-state index in [2.05, 4.69) is 38.2 Å². The number of nitrogens with one attached hydrogen (secondary N) is 1. The number of alkyl carbamates (subject to hydrolysis) is 1. The van der Waals surface area contributed by atoms with Crippen molar-refractivity contribution in [1.29, 1.82) is 0 Å². The Morgan fingerprint density at radius 2 is 1.42 bits per heavy atom. The molecule has 0 saturated carbocycles. The first-order chi connectivity index (χ1) is 15.1. The number of ether oxygens (including phenoxy) is 1. The average Bonchev–Trinajstić information content (AvgIpc) is 2.64. The maximum absolute atomic E-state index is 13.9. The molecule has 0 radical (unpaired) electrons. The molecule has 2 atom stereocenters. The number of carboxylic acid groups (broad SMARTS) is 1. The Kier molecular flexibility index (Phi) is 13.2. The van der Waals surface area contributed by atoms with Crippen LogP contribution >= 0.6 is 0 Å². The molecule has 8 heteroatoms. The normalized spacial score (nSPS) is 15.0. The lowest BCUT2D eigenvalue weighted by Crippen LogP contribution is -2.55. The number of carboxylic acids is 1. The number of allylic oxidation sites excluding steroid dienone is 6. The van der Waals surface area contributed by atoms with Gasteiger partial charge in [0.1, 0.15) is 11.7 Å². The third-order valence-electron chi connectivity index (χ3n) is 4.83. The zero-order valence-electron chi connectivity index (χ0n) is 21.0. The minimum absolute atomic E-state index is 0.0712. The van der Waals surface area contributed by atoms with Gasteiger partial charge in [-0.2, -0.15) is 8.78 Å². The van der Waals surface area contributed by atoms with E-state index in [9.17, 15) is 23.5 Å². The molecule has 0 bridgehead atoms. The summed E-state index contributed by atoms with van der Waals surface area (Å²) in [5, 5.41) is 20.9. The van der Waals surface area contributed by atoms with E-state index >= 15 is 0 Å². The molecule has 0 spiro atoms. The largest absolute Gasteiger partial charge is 0.477 e. The summed E-state index contributed by atoms with van der Waals surface area (Å²) in [4.78, 5) is 22.9. The van der Waals surface area contributed by atoms with Crippen LogP contribution in [0.1, 0.15) is 87.0 Å². The van der Waals surface area contributed by atoms with Crippen LogP contribution in [0.25, 0.3) is 0 Å². The highest BCUT2D eigenvalue weighted by Gasteiger charge is 2.50. The molecule has 0 heterocycles. The van der Waals surface area contributed by atoms with Crippen LogP contribution in [0.15, 0.2) is 34.9 Å². The molecule has 190 valence electrons. The minimum atomic E-state index is -4.41. The van der Waals surface area contributed by atoms with Crippen molar-refractivity contribution in [2.45, 2.75) is 111 Å². The van der Waals surface area contributed by atoms with Crippen molar-refractivity contribution >= 4 is 12.1 Å². The van der Waals surface area contributed by atoms with E-state index in [0.717, 1.165) is 31.3 Å². The van der Waals surface area contributed by atoms with Gasteiger partial charge < -0.3 is 20.3 Å². The van der Waals surface area contributed by atoms with Gasteiger partial charge in [0.25, 0.3) is 0 Å². The van der Waals surface area contributed by atoms with Crippen molar-refractivity contribution in [1.82, 2.24) is 5.32 Å². The first-order valence-electron chi connectivity index (χ1n) is 11.3. The highest BCUT2D eigenvalue weighted by Crippen LogP contribution is 2.24. The van der Waals surface area contributed by atoms with E-state index in [1.807, 2.05) is 13.0 Å². The second-order valence-electron chi connectivity index (χ2n) is 9.66.